The normalized spacial score (nSPS) is 8.75. The fourth-order valence-electron chi connectivity index (χ4n) is 0.635. The molecule has 0 saturated heterocycles. The van der Waals surface area contributed by atoms with E-state index in [-0.39, 0.29) is 0 Å². The highest BCUT2D eigenvalue weighted by Gasteiger charge is 1.86. The lowest BCUT2D eigenvalue weighted by molar-refractivity contribution is 0.412. The molecule has 1 N–H and O–H groups in total. The molecule has 0 aliphatic rings. The molecular weight excluding hydrogens is 154 g/mol. The van der Waals surface area contributed by atoms with Gasteiger partial charge in [-0.25, -0.2) is 0 Å². The summed E-state index contributed by atoms with van der Waals surface area (Å²) in [6.07, 6.45) is 6.00. The number of hydrogen-bond donors (Lipinski definition) is 1. The van der Waals surface area contributed by atoms with Crippen LogP contribution in [0.2, 0.25) is 0 Å². The largest absolute Gasteiger partial charge is 0.365 e. The Kier molecular flexibility index (Phi) is 3.63. The summed E-state index contributed by atoms with van der Waals surface area (Å²) >= 11 is 0. The van der Waals surface area contributed by atoms with Crippen molar-refractivity contribution < 1.29 is 4.52 Å². The molecule has 2 rings (SSSR count). The average Bonchev–Trinajstić information content (AvgIpc) is 2.81. The van der Waals surface area contributed by atoms with E-state index >= 15 is 0 Å². The second kappa shape index (κ2) is 5.12. The summed E-state index contributed by atoms with van der Waals surface area (Å²) in [5.41, 5.74) is 1.01. The smallest absolute Gasteiger partial charge is 0.124 e. The van der Waals surface area contributed by atoms with E-state index in [4.69, 9.17) is 0 Å². The van der Waals surface area contributed by atoms with E-state index in [9.17, 15) is 0 Å². The van der Waals surface area contributed by atoms with Crippen LogP contribution in [0.3, 0.4) is 0 Å². The highest BCUT2D eigenvalue weighted by Crippen LogP contribution is 1.92. The Labute approximate surface area is 70.6 Å². The molecule has 2 aromatic rings. The third-order valence-electron chi connectivity index (χ3n) is 1.26. The molecule has 0 aliphatic carbocycles. The van der Waals surface area contributed by atoms with E-state index in [0.717, 1.165) is 12.1 Å². The fraction of sp³-hybridized carbons (Fsp3) is 0.250. The van der Waals surface area contributed by atoms with Crippen molar-refractivity contribution in [2.24, 2.45) is 0 Å². The minimum atomic E-state index is 0.955. The van der Waals surface area contributed by atoms with E-state index in [1.807, 2.05) is 19.1 Å². The Hall–Kier alpha value is -1.58. The van der Waals surface area contributed by atoms with Crippen LogP contribution < -0.4 is 0 Å². The van der Waals surface area contributed by atoms with Gasteiger partial charge in [0.25, 0.3) is 0 Å². The topological polar surface area (TPSA) is 54.7 Å². The van der Waals surface area contributed by atoms with Gasteiger partial charge in [0.1, 0.15) is 6.26 Å². The Bertz CT molecular complexity index is 245. The number of nitrogens with zero attached hydrogens (tertiary/aromatic N) is 2. The fourth-order valence-corrected chi connectivity index (χ4v) is 0.635. The van der Waals surface area contributed by atoms with E-state index in [2.05, 4.69) is 19.9 Å². The quantitative estimate of drug-likeness (QED) is 0.699. The van der Waals surface area contributed by atoms with Gasteiger partial charge in [-0.05, 0) is 12.5 Å². The first kappa shape index (κ1) is 8.52. The van der Waals surface area contributed by atoms with Gasteiger partial charge in [0.15, 0.2) is 0 Å². The van der Waals surface area contributed by atoms with Crippen LogP contribution in [0.4, 0.5) is 0 Å². The van der Waals surface area contributed by atoms with Crippen molar-refractivity contribution in [3.05, 3.63) is 36.5 Å². The molecule has 0 atom stereocenters. The summed E-state index contributed by atoms with van der Waals surface area (Å²) in [5, 5.41) is 9.87. The Morgan fingerprint density at radius 3 is 2.75 bits per heavy atom. The molecule has 4 heteroatoms. The lowest BCUT2D eigenvalue weighted by atomic mass is 10.4. The zero-order chi connectivity index (χ0) is 8.65. The predicted molar refractivity (Wildman–Crippen MR) is 44.5 cm³/mol. The molecule has 0 fully saturated rings. The van der Waals surface area contributed by atoms with Crippen LogP contribution in [-0.2, 0) is 6.42 Å². The van der Waals surface area contributed by atoms with Crippen LogP contribution in [0.25, 0.3) is 0 Å². The van der Waals surface area contributed by atoms with Crippen LogP contribution >= 0.6 is 0 Å². The van der Waals surface area contributed by atoms with Gasteiger partial charge < -0.3 is 4.52 Å². The lowest BCUT2D eigenvalue weighted by Gasteiger charge is -1.74. The molecule has 4 nitrogen and oxygen atoms in total. The van der Waals surface area contributed by atoms with Crippen LogP contribution in [0, 0.1) is 0 Å². The van der Waals surface area contributed by atoms with Crippen molar-refractivity contribution in [2.45, 2.75) is 13.3 Å². The summed E-state index contributed by atoms with van der Waals surface area (Å²) in [6.45, 7) is 2.04. The van der Waals surface area contributed by atoms with E-state index in [1.54, 1.807) is 18.7 Å². The lowest BCUT2D eigenvalue weighted by Crippen LogP contribution is -1.73. The monoisotopic (exact) mass is 165 g/mol. The number of nitrogens with one attached hydrogen (secondary N) is 1. The van der Waals surface area contributed by atoms with Gasteiger partial charge in [-0.3, -0.25) is 5.10 Å². The third kappa shape index (κ3) is 3.01. The first-order valence-corrected chi connectivity index (χ1v) is 3.76. The van der Waals surface area contributed by atoms with Gasteiger partial charge in [-0.2, -0.15) is 5.10 Å². The predicted octanol–water partition coefficient (Wildman–Crippen LogP) is 1.65. The maximum Gasteiger partial charge on any atom is 0.124 e. The van der Waals surface area contributed by atoms with Gasteiger partial charge in [0.2, 0.25) is 0 Å². The third-order valence-corrected chi connectivity index (χ3v) is 1.26. The molecule has 0 radical (unpaired) electrons. The average molecular weight is 165 g/mol. The van der Waals surface area contributed by atoms with E-state index < -0.39 is 0 Å². The molecule has 2 heterocycles. The van der Waals surface area contributed by atoms with Gasteiger partial charge in [-0.1, -0.05) is 12.1 Å². The number of aryl methyl sites for hydroxylation is 1. The molecule has 0 unspecified atom stereocenters. The molecule has 0 saturated carbocycles. The Morgan fingerprint density at radius 2 is 2.50 bits per heavy atom. The summed E-state index contributed by atoms with van der Waals surface area (Å²) in [5.74, 6) is 0. The summed E-state index contributed by atoms with van der Waals surface area (Å²) in [7, 11) is 0. The highest BCUT2D eigenvalue weighted by molar-refractivity contribution is 4.93. The number of rotatable bonds is 1. The molecule has 64 valence electrons. The van der Waals surface area contributed by atoms with Crippen molar-refractivity contribution in [2.75, 3.05) is 0 Å². The standard InChI is InChI=1S/C5H7NO.C3H4N2/c1-2-5-3-4-7-6-5;1-2-4-5-3-1/h3-4H,2H2,1H3;1-3H,(H,4,5). The summed E-state index contributed by atoms with van der Waals surface area (Å²) < 4.78 is 4.56. The maximum absolute atomic E-state index is 4.56. The van der Waals surface area contributed by atoms with Crippen LogP contribution in [-0.4, -0.2) is 15.4 Å². The van der Waals surface area contributed by atoms with Crippen molar-refractivity contribution in [1.29, 1.82) is 0 Å². The van der Waals surface area contributed by atoms with Gasteiger partial charge >= 0.3 is 0 Å². The van der Waals surface area contributed by atoms with Crippen molar-refractivity contribution in [1.82, 2.24) is 15.4 Å². The van der Waals surface area contributed by atoms with Crippen LogP contribution in [0.15, 0.2) is 35.3 Å². The molecule has 0 amide bonds. The highest BCUT2D eigenvalue weighted by atomic mass is 16.5. The van der Waals surface area contributed by atoms with Crippen molar-refractivity contribution in [3.8, 4) is 0 Å². The van der Waals surface area contributed by atoms with Crippen LogP contribution in [0.1, 0.15) is 12.6 Å². The van der Waals surface area contributed by atoms with Crippen molar-refractivity contribution in [3.63, 3.8) is 0 Å². The second-order valence-corrected chi connectivity index (χ2v) is 2.11. The zero-order valence-corrected chi connectivity index (χ0v) is 6.90. The molecule has 0 bridgehead atoms. The molecule has 0 spiro atoms. The number of hydrogen-bond acceptors (Lipinski definition) is 3. The molecule has 0 aromatic carbocycles. The van der Waals surface area contributed by atoms with Gasteiger partial charge in [-0.15, -0.1) is 0 Å². The first-order chi connectivity index (χ1) is 5.93. The van der Waals surface area contributed by atoms with E-state index in [0.29, 0.717) is 0 Å². The Morgan fingerprint density at radius 1 is 1.58 bits per heavy atom. The zero-order valence-electron chi connectivity index (χ0n) is 6.90. The Balaban J connectivity index is 0.000000127. The number of H-pyrrole nitrogens is 1. The first-order valence-electron chi connectivity index (χ1n) is 3.76. The van der Waals surface area contributed by atoms with Gasteiger partial charge in [0, 0.05) is 18.5 Å². The molecular formula is C8H11N3O. The van der Waals surface area contributed by atoms with Crippen LogP contribution in [0.5, 0.6) is 0 Å². The minimum absolute atomic E-state index is 0.955. The molecule has 12 heavy (non-hydrogen) atoms. The number of aromatic nitrogens is 3. The summed E-state index contributed by atoms with van der Waals surface area (Å²) in [6, 6.07) is 3.69. The second-order valence-electron chi connectivity index (χ2n) is 2.11. The number of aromatic amines is 1. The SMILES string of the molecule is CCc1ccon1.c1cn[nH]c1. The summed E-state index contributed by atoms with van der Waals surface area (Å²) in [4.78, 5) is 0. The van der Waals surface area contributed by atoms with E-state index in [1.165, 1.54) is 0 Å². The molecule has 0 aliphatic heterocycles. The van der Waals surface area contributed by atoms with Gasteiger partial charge in [0.05, 0.1) is 5.69 Å². The maximum atomic E-state index is 4.56. The molecule has 2 aromatic heterocycles. The van der Waals surface area contributed by atoms with Crippen molar-refractivity contribution >= 4 is 0 Å². The minimum Gasteiger partial charge on any atom is -0.365 e.